The molecule has 2 N–H and O–H groups in total. The molecule has 0 unspecified atom stereocenters. The molecule has 0 amide bonds. The van der Waals surface area contributed by atoms with Crippen LogP contribution >= 0.6 is 12.2 Å². The molecule has 0 heterocycles. The zero-order chi connectivity index (χ0) is 11.4. The predicted molar refractivity (Wildman–Crippen MR) is 72.9 cm³/mol. The number of thiocarbonyl (C=S) groups is 1. The summed E-state index contributed by atoms with van der Waals surface area (Å²) in [4.78, 5) is 0. The molecule has 0 atom stereocenters. The number of hydrogen-bond donors (Lipinski definition) is 2. The molecule has 2 nitrogen and oxygen atoms in total. The first kappa shape index (κ1) is 11.1. The summed E-state index contributed by atoms with van der Waals surface area (Å²) < 4.78 is 0. The average molecular weight is 232 g/mol. The van der Waals surface area contributed by atoms with E-state index in [1.54, 1.807) is 6.08 Å². The van der Waals surface area contributed by atoms with Gasteiger partial charge in [-0.2, -0.15) is 0 Å². The summed E-state index contributed by atoms with van der Waals surface area (Å²) >= 11 is 5.16. The second-order valence-electron chi connectivity index (χ2n) is 3.96. The summed E-state index contributed by atoms with van der Waals surface area (Å²) in [5.74, 6) is 0. The number of rotatable bonds is 3. The lowest BCUT2D eigenvalue weighted by atomic mass is 10.1. The Morgan fingerprint density at radius 3 is 3.00 bits per heavy atom. The number of anilines is 1. The molecule has 3 heteroatoms. The van der Waals surface area contributed by atoms with Crippen molar-refractivity contribution in [1.82, 2.24) is 5.32 Å². The van der Waals surface area contributed by atoms with E-state index < -0.39 is 0 Å². The van der Waals surface area contributed by atoms with Crippen molar-refractivity contribution >= 4 is 23.0 Å². The second kappa shape index (κ2) is 5.12. The molecule has 0 aromatic heterocycles. The van der Waals surface area contributed by atoms with Crippen molar-refractivity contribution in [3.05, 3.63) is 42.0 Å². The number of fused-ring (bicyclic) bond motifs is 1. The smallest absolute Gasteiger partial charge is 0.171 e. The van der Waals surface area contributed by atoms with Crippen molar-refractivity contribution in [2.24, 2.45) is 0 Å². The third kappa shape index (κ3) is 2.61. The SMILES string of the molecule is C=CCNC(=S)Nc1ccc2c(c1)CCC2. The van der Waals surface area contributed by atoms with Crippen molar-refractivity contribution in [2.45, 2.75) is 19.3 Å². The van der Waals surface area contributed by atoms with Crippen molar-refractivity contribution in [3.8, 4) is 0 Å². The maximum atomic E-state index is 5.16. The lowest BCUT2D eigenvalue weighted by molar-refractivity contribution is 0.912. The molecule has 0 aliphatic heterocycles. The lowest BCUT2D eigenvalue weighted by Gasteiger charge is -2.10. The zero-order valence-electron chi connectivity index (χ0n) is 9.25. The Labute approximate surface area is 102 Å². The van der Waals surface area contributed by atoms with Crippen molar-refractivity contribution in [3.63, 3.8) is 0 Å². The number of aryl methyl sites for hydroxylation is 2. The maximum Gasteiger partial charge on any atom is 0.171 e. The standard InChI is InChI=1S/C13H16N2S/c1-2-8-14-13(16)15-12-7-6-10-4-3-5-11(10)9-12/h2,6-7,9H,1,3-5,8H2,(H2,14,15,16). The summed E-state index contributed by atoms with van der Waals surface area (Å²) in [6, 6.07) is 6.48. The Kier molecular flexibility index (Phi) is 3.57. The van der Waals surface area contributed by atoms with E-state index in [0.717, 1.165) is 5.69 Å². The molecular weight excluding hydrogens is 216 g/mol. The van der Waals surface area contributed by atoms with Crippen LogP contribution < -0.4 is 10.6 Å². The van der Waals surface area contributed by atoms with Gasteiger partial charge in [-0.15, -0.1) is 6.58 Å². The van der Waals surface area contributed by atoms with Crippen LogP contribution in [0.1, 0.15) is 17.5 Å². The van der Waals surface area contributed by atoms with Crippen molar-refractivity contribution in [2.75, 3.05) is 11.9 Å². The molecule has 1 aliphatic rings. The van der Waals surface area contributed by atoms with Crippen molar-refractivity contribution < 1.29 is 0 Å². The molecule has 0 bridgehead atoms. The van der Waals surface area contributed by atoms with Crippen LogP contribution in [0.2, 0.25) is 0 Å². The predicted octanol–water partition coefficient (Wildman–Crippen LogP) is 2.65. The number of nitrogens with one attached hydrogen (secondary N) is 2. The molecule has 1 aromatic carbocycles. The van der Waals surface area contributed by atoms with Gasteiger partial charge in [-0.1, -0.05) is 12.1 Å². The van der Waals surface area contributed by atoms with Crippen LogP contribution in [0.4, 0.5) is 5.69 Å². The summed E-state index contributed by atoms with van der Waals surface area (Å²) in [5, 5.41) is 6.88. The highest BCUT2D eigenvalue weighted by Crippen LogP contribution is 2.24. The fourth-order valence-corrected chi connectivity index (χ4v) is 2.19. The highest BCUT2D eigenvalue weighted by atomic mass is 32.1. The van der Waals surface area contributed by atoms with Crippen LogP contribution in [0.5, 0.6) is 0 Å². The van der Waals surface area contributed by atoms with Gasteiger partial charge in [-0.3, -0.25) is 0 Å². The van der Waals surface area contributed by atoms with E-state index in [1.165, 1.54) is 30.4 Å². The molecule has 0 fully saturated rings. The van der Waals surface area contributed by atoms with E-state index in [1.807, 2.05) is 0 Å². The largest absolute Gasteiger partial charge is 0.359 e. The lowest BCUT2D eigenvalue weighted by Crippen LogP contribution is -2.28. The van der Waals surface area contributed by atoms with E-state index in [9.17, 15) is 0 Å². The average Bonchev–Trinajstić information content (AvgIpc) is 2.73. The Bertz CT molecular complexity index is 412. The van der Waals surface area contributed by atoms with Crippen LogP contribution in [0.25, 0.3) is 0 Å². The van der Waals surface area contributed by atoms with E-state index in [4.69, 9.17) is 12.2 Å². The first-order valence-corrected chi connectivity index (χ1v) is 5.98. The summed E-state index contributed by atoms with van der Waals surface area (Å²) in [7, 11) is 0. The van der Waals surface area contributed by atoms with E-state index in [0.29, 0.717) is 11.7 Å². The minimum atomic E-state index is 0.651. The van der Waals surface area contributed by atoms with Gasteiger partial charge in [0.25, 0.3) is 0 Å². The molecule has 84 valence electrons. The second-order valence-corrected chi connectivity index (χ2v) is 4.37. The van der Waals surface area contributed by atoms with Crippen LogP contribution in [0.3, 0.4) is 0 Å². The number of hydrogen-bond acceptors (Lipinski definition) is 1. The number of benzene rings is 1. The van der Waals surface area contributed by atoms with Gasteiger partial charge in [0.1, 0.15) is 0 Å². The molecule has 1 aliphatic carbocycles. The molecule has 0 spiro atoms. The normalized spacial score (nSPS) is 13.0. The molecule has 0 saturated carbocycles. The topological polar surface area (TPSA) is 24.1 Å². The monoisotopic (exact) mass is 232 g/mol. The Balaban J connectivity index is 1.99. The molecule has 1 aromatic rings. The van der Waals surface area contributed by atoms with Crippen LogP contribution in [0.15, 0.2) is 30.9 Å². The highest BCUT2D eigenvalue weighted by Gasteiger charge is 2.10. The van der Waals surface area contributed by atoms with Crippen LogP contribution in [0, 0.1) is 0 Å². The van der Waals surface area contributed by atoms with E-state index in [-0.39, 0.29) is 0 Å². The quantitative estimate of drug-likeness (QED) is 0.619. The first-order valence-electron chi connectivity index (χ1n) is 5.57. The third-order valence-electron chi connectivity index (χ3n) is 2.76. The van der Waals surface area contributed by atoms with Gasteiger partial charge in [-0.05, 0) is 54.7 Å². The van der Waals surface area contributed by atoms with Gasteiger partial charge in [0.2, 0.25) is 0 Å². The maximum absolute atomic E-state index is 5.16. The molecular formula is C13H16N2S. The van der Waals surface area contributed by atoms with Crippen molar-refractivity contribution in [1.29, 1.82) is 0 Å². The van der Waals surface area contributed by atoms with E-state index >= 15 is 0 Å². The Morgan fingerprint density at radius 2 is 2.19 bits per heavy atom. The molecule has 0 radical (unpaired) electrons. The Morgan fingerprint density at radius 1 is 1.38 bits per heavy atom. The minimum Gasteiger partial charge on any atom is -0.359 e. The summed E-state index contributed by atoms with van der Waals surface area (Å²) in [6.07, 6.45) is 5.47. The Hall–Kier alpha value is -1.35. The fraction of sp³-hybridized carbons (Fsp3) is 0.308. The van der Waals surface area contributed by atoms with Gasteiger partial charge >= 0.3 is 0 Å². The molecule has 16 heavy (non-hydrogen) atoms. The van der Waals surface area contributed by atoms with Gasteiger partial charge in [-0.25, -0.2) is 0 Å². The summed E-state index contributed by atoms with van der Waals surface area (Å²) in [5.41, 5.74) is 4.01. The van der Waals surface area contributed by atoms with E-state index in [2.05, 4.69) is 35.4 Å². The van der Waals surface area contributed by atoms with Gasteiger partial charge < -0.3 is 10.6 Å². The minimum absolute atomic E-state index is 0.651. The highest BCUT2D eigenvalue weighted by molar-refractivity contribution is 7.80. The van der Waals surface area contributed by atoms with Crippen LogP contribution in [-0.2, 0) is 12.8 Å². The third-order valence-corrected chi connectivity index (χ3v) is 3.01. The van der Waals surface area contributed by atoms with Crippen LogP contribution in [-0.4, -0.2) is 11.7 Å². The molecule has 0 saturated heterocycles. The zero-order valence-corrected chi connectivity index (χ0v) is 10.1. The van der Waals surface area contributed by atoms with Gasteiger partial charge in [0.05, 0.1) is 0 Å². The first-order chi connectivity index (χ1) is 7.79. The van der Waals surface area contributed by atoms with Gasteiger partial charge in [0.15, 0.2) is 5.11 Å². The van der Waals surface area contributed by atoms with Gasteiger partial charge in [0, 0.05) is 12.2 Å². The summed E-state index contributed by atoms with van der Waals surface area (Å²) in [6.45, 7) is 4.33. The molecule has 2 rings (SSSR count). The fourth-order valence-electron chi connectivity index (χ4n) is 1.99.